The predicted octanol–water partition coefficient (Wildman–Crippen LogP) is 1.86. The van der Waals surface area contributed by atoms with Crippen LogP contribution in [0.4, 0.5) is 0 Å². The van der Waals surface area contributed by atoms with Crippen molar-refractivity contribution in [1.82, 2.24) is 4.98 Å². The van der Waals surface area contributed by atoms with Crippen LogP contribution in [0.2, 0.25) is 0 Å². The fourth-order valence-electron chi connectivity index (χ4n) is 2.15. The van der Waals surface area contributed by atoms with E-state index >= 15 is 0 Å². The Hall–Kier alpha value is -1.09. The molecular formula is C11H16N2O. The van der Waals surface area contributed by atoms with Crippen LogP contribution in [0.25, 0.3) is 0 Å². The van der Waals surface area contributed by atoms with Gasteiger partial charge in [0.25, 0.3) is 0 Å². The summed E-state index contributed by atoms with van der Waals surface area (Å²) in [5, 5.41) is 0. The van der Waals surface area contributed by atoms with Crippen LogP contribution in [-0.4, -0.2) is 16.3 Å². The molecule has 0 radical (unpaired) electrons. The quantitative estimate of drug-likeness (QED) is 0.703. The molecule has 1 heterocycles. The highest BCUT2D eigenvalue weighted by atomic mass is 16.1. The molecule has 0 bridgehead atoms. The van der Waals surface area contributed by atoms with E-state index in [1.807, 2.05) is 6.07 Å². The van der Waals surface area contributed by atoms with Gasteiger partial charge in [0.15, 0.2) is 5.78 Å². The maximum absolute atomic E-state index is 12.0. The van der Waals surface area contributed by atoms with Crippen molar-refractivity contribution in [3.8, 4) is 0 Å². The van der Waals surface area contributed by atoms with E-state index in [1.165, 1.54) is 6.42 Å². The van der Waals surface area contributed by atoms with Gasteiger partial charge in [-0.05, 0) is 25.0 Å². The van der Waals surface area contributed by atoms with E-state index in [0.717, 1.165) is 25.7 Å². The van der Waals surface area contributed by atoms with Gasteiger partial charge in [-0.15, -0.1) is 0 Å². The largest absolute Gasteiger partial charge is 0.359 e. The minimum atomic E-state index is -0.608. The van der Waals surface area contributed by atoms with Crippen LogP contribution in [-0.2, 0) is 0 Å². The van der Waals surface area contributed by atoms with Crippen molar-refractivity contribution >= 4 is 5.78 Å². The molecule has 1 aliphatic carbocycles. The van der Waals surface area contributed by atoms with Crippen LogP contribution < -0.4 is 5.73 Å². The number of rotatable bonds is 2. The number of nitrogens with two attached hydrogens (primary N) is 1. The molecule has 0 spiro atoms. The van der Waals surface area contributed by atoms with Crippen molar-refractivity contribution in [1.29, 1.82) is 0 Å². The summed E-state index contributed by atoms with van der Waals surface area (Å²) in [6.45, 7) is 0. The number of nitrogens with one attached hydrogen (secondary N) is 1. The second-order valence-corrected chi connectivity index (χ2v) is 4.13. The first-order chi connectivity index (χ1) is 6.72. The zero-order valence-corrected chi connectivity index (χ0v) is 8.25. The zero-order valence-electron chi connectivity index (χ0n) is 8.25. The van der Waals surface area contributed by atoms with Crippen LogP contribution in [0.3, 0.4) is 0 Å². The average molecular weight is 192 g/mol. The molecule has 0 atom stereocenters. The number of carbonyl (C=O) groups excluding carboxylic acids is 1. The van der Waals surface area contributed by atoms with Gasteiger partial charge in [0.1, 0.15) is 0 Å². The Bertz CT molecular complexity index is 310. The first kappa shape index (κ1) is 9.46. The summed E-state index contributed by atoms with van der Waals surface area (Å²) >= 11 is 0. The van der Waals surface area contributed by atoms with Gasteiger partial charge in [-0.1, -0.05) is 19.3 Å². The maximum Gasteiger partial charge on any atom is 0.198 e. The van der Waals surface area contributed by atoms with E-state index < -0.39 is 5.54 Å². The molecule has 2 rings (SSSR count). The summed E-state index contributed by atoms with van der Waals surface area (Å²) in [6, 6.07) is 3.63. The zero-order chi connectivity index (χ0) is 10.0. The molecule has 1 aromatic rings. The van der Waals surface area contributed by atoms with Crippen LogP contribution in [0, 0.1) is 0 Å². The molecule has 0 aromatic carbocycles. The van der Waals surface area contributed by atoms with E-state index in [-0.39, 0.29) is 5.78 Å². The molecular weight excluding hydrogens is 176 g/mol. The fraction of sp³-hybridized carbons (Fsp3) is 0.545. The van der Waals surface area contributed by atoms with E-state index in [2.05, 4.69) is 4.98 Å². The maximum atomic E-state index is 12.0. The van der Waals surface area contributed by atoms with Crippen molar-refractivity contribution in [2.24, 2.45) is 5.73 Å². The van der Waals surface area contributed by atoms with Gasteiger partial charge >= 0.3 is 0 Å². The number of Topliss-reactive ketones (excluding diaryl/α,β-unsaturated/α-hetero) is 1. The van der Waals surface area contributed by atoms with Gasteiger partial charge < -0.3 is 10.7 Å². The summed E-state index contributed by atoms with van der Waals surface area (Å²) in [5.41, 5.74) is 6.16. The Labute approximate surface area is 83.7 Å². The van der Waals surface area contributed by atoms with Crippen molar-refractivity contribution in [2.45, 2.75) is 37.6 Å². The van der Waals surface area contributed by atoms with Gasteiger partial charge in [-0.3, -0.25) is 4.79 Å². The van der Waals surface area contributed by atoms with Gasteiger partial charge in [0, 0.05) is 6.20 Å². The molecule has 1 aliphatic rings. The summed E-state index contributed by atoms with van der Waals surface area (Å²) in [5.74, 6) is 0.0715. The Morgan fingerprint density at radius 2 is 2.07 bits per heavy atom. The number of hydrogen-bond donors (Lipinski definition) is 2. The Morgan fingerprint density at radius 1 is 1.36 bits per heavy atom. The monoisotopic (exact) mass is 192 g/mol. The SMILES string of the molecule is NC1(C(=O)c2ccc[nH]2)CCCCC1. The topological polar surface area (TPSA) is 58.9 Å². The van der Waals surface area contributed by atoms with Crippen LogP contribution in [0.15, 0.2) is 18.3 Å². The molecule has 0 aliphatic heterocycles. The molecule has 1 saturated carbocycles. The lowest BCUT2D eigenvalue weighted by Gasteiger charge is -2.31. The molecule has 76 valence electrons. The lowest BCUT2D eigenvalue weighted by atomic mass is 9.78. The number of hydrogen-bond acceptors (Lipinski definition) is 2. The molecule has 0 unspecified atom stereocenters. The summed E-state index contributed by atoms with van der Waals surface area (Å²) < 4.78 is 0. The van der Waals surface area contributed by atoms with Gasteiger partial charge in [0.05, 0.1) is 11.2 Å². The van der Waals surface area contributed by atoms with E-state index in [0.29, 0.717) is 5.69 Å². The molecule has 0 amide bonds. The first-order valence-corrected chi connectivity index (χ1v) is 5.19. The number of aromatic nitrogens is 1. The number of H-pyrrole nitrogens is 1. The number of ketones is 1. The molecule has 1 fully saturated rings. The van der Waals surface area contributed by atoms with Crippen LogP contribution in [0.1, 0.15) is 42.6 Å². The van der Waals surface area contributed by atoms with Gasteiger partial charge in [-0.2, -0.15) is 0 Å². The van der Waals surface area contributed by atoms with Crippen molar-refractivity contribution < 1.29 is 4.79 Å². The minimum Gasteiger partial charge on any atom is -0.359 e. The molecule has 1 aromatic heterocycles. The average Bonchev–Trinajstić information content (AvgIpc) is 2.70. The smallest absolute Gasteiger partial charge is 0.198 e. The Kier molecular flexibility index (Phi) is 2.42. The molecule has 3 nitrogen and oxygen atoms in total. The molecule has 14 heavy (non-hydrogen) atoms. The lowest BCUT2D eigenvalue weighted by Crippen LogP contribution is -2.49. The fourth-order valence-corrected chi connectivity index (χ4v) is 2.15. The van der Waals surface area contributed by atoms with E-state index in [4.69, 9.17) is 5.73 Å². The summed E-state index contributed by atoms with van der Waals surface area (Å²) in [4.78, 5) is 15.0. The molecule has 0 saturated heterocycles. The van der Waals surface area contributed by atoms with E-state index in [1.54, 1.807) is 12.3 Å². The molecule has 3 heteroatoms. The highest BCUT2D eigenvalue weighted by Gasteiger charge is 2.36. The summed E-state index contributed by atoms with van der Waals surface area (Å²) in [6.07, 6.45) is 6.76. The van der Waals surface area contributed by atoms with Crippen LogP contribution in [0.5, 0.6) is 0 Å². The standard InChI is InChI=1S/C11H16N2O/c12-11(6-2-1-3-7-11)10(14)9-5-4-8-13-9/h4-5,8,13H,1-3,6-7,12H2. The highest BCUT2D eigenvalue weighted by Crippen LogP contribution is 2.28. The number of carbonyl (C=O) groups is 1. The van der Waals surface area contributed by atoms with Crippen molar-refractivity contribution in [3.05, 3.63) is 24.0 Å². The van der Waals surface area contributed by atoms with Crippen molar-refractivity contribution in [3.63, 3.8) is 0 Å². The normalized spacial score (nSPS) is 20.6. The van der Waals surface area contributed by atoms with E-state index in [9.17, 15) is 4.79 Å². The van der Waals surface area contributed by atoms with Gasteiger partial charge in [0.2, 0.25) is 0 Å². The molecule has 3 N–H and O–H groups in total. The first-order valence-electron chi connectivity index (χ1n) is 5.19. The summed E-state index contributed by atoms with van der Waals surface area (Å²) in [7, 11) is 0. The number of aromatic amines is 1. The second kappa shape index (κ2) is 3.58. The van der Waals surface area contributed by atoms with Gasteiger partial charge in [-0.25, -0.2) is 0 Å². The third kappa shape index (κ3) is 1.60. The van der Waals surface area contributed by atoms with Crippen molar-refractivity contribution in [2.75, 3.05) is 0 Å². The predicted molar refractivity (Wildman–Crippen MR) is 55.1 cm³/mol. The third-order valence-corrected chi connectivity index (χ3v) is 3.04. The Balaban J connectivity index is 2.17. The van der Waals surface area contributed by atoms with Crippen LogP contribution >= 0.6 is 0 Å². The highest BCUT2D eigenvalue weighted by molar-refractivity contribution is 6.01. The third-order valence-electron chi connectivity index (χ3n) is 3.04. The minimum absolute atomic E-state index is 0.0715. The lowest BCUT2D eigenvalue weighted by molar-refractivity contribution is 0.0843. The second-order valence-electron chi connectivity index (χ2n) is 4.13. The Morgan fingerprint density at radius 3 is 2.64 bits per heavy atom.